The lowest BCUT2D eigenvalue weighted by Crippen LogP contribution is -3.15. The number of nitrogens with one attached hydrogen (secondary N) is 2. The Hall–Kier alpha value is -1.07. The van der Waals surface area contributed by atoms with Crippen LogP contribution < -0.4 is 10.2 Å². The molecule has 0 amide bonds. The maximum Gasteiger partial charge on any atom is 0.169 e. The van der Waals surface area contributed by atoms with Crippen molar-refractivity contribution in [1.29, 1.82) is 0 Å². The molecule has 2 bridgehead atoms. The van der Waals surface area contributed by atoms with Gasteiger partial charge < -0.3 is 19.7 Å². The Morgan fingerprint density at radius 3 is 2.48 bits per heavy atom. The average Bonchev–Trinajstić information content (AvgIpc) is 3.31. The second kappa shape index (κ2) is 7.28. The Labute approximate surface area is 157 Å². The van der Waals surface area contributed by atoms with E-state index in [-0.39, 0.29) is 0 Å². The molecule has 2 aliphatic carbocycles. The molecule has 3 fully saturated rings. The van der Waals surface area contributed by atoms with Crippen molar-refractivity contribution in [2.75, 3.05) is 32.7 Å². The smallest absolute Gasteiger partial charge is 0.169 e. The summed E-state index contributed by atoms with van der Waals surface area (Å²) >= 11 is 5.73. The third kappa shape index (κ3) is 3.72. The zero-order valence-corrected chi connectivity index (χ0v) is 16.6. The van der Waals surface area contributed by atoms with Crippen LogP contribution in [-0.4, -0.2) is 53.3 Å². The third-order valence-corrected chi connectivity index (χ3v) is 7.29. The van der Waals surface area contributed by atoms with Gasteiger partial charge in [-0.05, 0) is 69.3 Å². The van der Waals surface area contributed by atoms with Crippen molar-refractivity contribution in [3.8, 4) is 0 Å². The van der Waals surface area contributed by atoms with E-state index in [0.717, 1.165) is 36.6 Å². The highest BCUT2D eigenvalue weighted by Crippen LogP contribution is 2.44. The first-order chi connectivity index (χ1) is 12.1. The molecule has 2 N–H and O–H groups in total. The van der Waals surface area contributed by atoms with Gasteiger partial charge in [0.25, 0.3) is 0 Å². The number of aromatic nitrogens is 1. The van der Waals surface area contributed by atoms with Crippen LogP contribution in [0.1, 0.15) is 37.1 Å². The van der Waals surface area contributed by atoms with Gasteiger partial charge in [0, 0.05) is 17.4 Å². The topological polar surface area (TPSA) is 24.6 Å². The number of piperazine rings is 1. The highest BCUT2D eigenvalue weighted by Gasteiger charge is 2.40. The van der Waals surface area contributed by atoms with Gasteiger partial charge in [0.05, 0.1) is 39.3 Å². The van der Waals surface area contributed by atoms with Crippen molar-refractivity contribution in [3.05, 3.63) is 23.5 Å². The number of quaternary nitrogens is 1. The Morgan fingerprint density at radius 1 is 1.16 bits per heavy atom. The van der Waals surface area contributed by atoms with Crippen LogP contribution in [0.2, 0.25) is 0 Å². The first-order valence-electron chi connectivity index (χ1n) is 10.1. The van der Waals surface area contributed by atoms with E-state index >= 15 is 0 Å². The van der Waals surface area contributed by atoms with Gasteiger partial charge in [0.2, 0.25) is 0 Å². The van der Waals surface area contributed by atoms with Gasteiger partial charge in [-0.2, -0.15) is 0 Å². The van der Waals surface area contributed by atoms with Crippen LogP contribution in [0, 0.1) is 25.7 Å². The summed E-state index contributed by atoms with van der Waals surface area (Å²) in [5.74, 6) is 1.87. The zero-order chi connectivity index (χ0) is 17.4. The molecule has 1 aromatic rings. The van der Waals surface area contributed by atoms with Crippen LogP contribution in [0.3, 0.4) is 0 Å². The lowest BCUT2D eigenvalue weighted by Gasteiger charge is -2.36. The molecule has 0 unspecified atom stereocenters. The molecular weight excluding hydrogens is 328 g/mol. The number of aryl methyl sites for hydroxylation is 2. The van der Waals surface area contributed by atoms with Crippen molar-refractivity contribution < 1.29 is 4.90 Å². The summed E-state index contributed by atoms with van der Waals surface area (Å²) in [6, 6.07) is 5.11. The molecule has 5 heteroatoms. The number of thiocarbonyl (C=S) groups is 1. The molecule has 3 atom stereocenters. The minimum absolute atomic E-state index is 0.663. The molecule has 4 rings (SSSR count). The summed E-state index contributed by atoms with van der Waals surface area (Å²) in [4.78, 5) is 4.13. The fourth-order valence-corrected chi connectivity index (χ4v) is 5.60. The van der Waals surface area contributed by atoms with E-state index < -0.39 is 0 Å². The predicted octanol–water partition coefficient (Wildman–Crippen LogP) is 1.37. The second-order valence-electron chi connectivity index (χ2n) is 8.49. The minimum atomic E-state index is 0.663. The molecular formula is C20H33N4S+. The van der Waals surface area contributed by atoms with E-state index in [4.69, 9.17) is 12.2 Å². The van der Waals surface area contributed by atoms with E-state index in [9.17, 15) is 0 Å². The molecule has 1 aromatic heterocycles. The third-order valence-electron chi connectivity index (χ3n) is 6.91. The van der Waals surface area contributed by atoms with Crippen LogP contribution in [0.25, 0.3) is 0 Å². The number of hydrogen-bond acceptors (Lipinski definition) is 1. The molecule has 3 aliphatic rings. The van der Waals surface area contributed by atoms with Crippen molar-refractivity contribution >= 4 is 17.3 Å². The van der Waals surface area contributed by atoms with Crippen molar-refractivity contribution in [1.82, 2.24) is 14.8 Å². The Balaban J connectivity index is 1.21. The summed E-state index contributed by atoms with van der Waals surface area (Å²) < 4.78 is 2.45. The lowest BCUT2D eigenvalue weighted by molar-refractivity contribution is -0.904. The molecule has 1 saturated heterocycles. The second-order valence-corrected chi connectivity index (χ2v) is 8.87. The molecule has 0 aromatic carbocycles. The molecule has 2 saturated carbocycles. The van der Waals surface area contributed by atoms with E-state index in [1.165, 1.54) is 56.7 Å². The fraction of sp³-hybridized carbons (Fsp3) is 0.750. The van der Waals surface area contributed by atoms with Gasteiger partial charge in [-0.25, -0.2) is 0 Å². The highest BCUT2D eigenvalue weighted by atomic mass is 32.1. The van der Waals surface area contributed by atoms with Gasteiger partial charge in [0.15, 0.2) is 5.11 Å². The largest absolute Gasteiger partial charge is 0.360 e. The normalized spacial score (nSPS) is 29.4. The standard InChI is InChI=1S/C20H32N4S/c1-15-3-4-16(2)24(15)12-9-22-7-10-23(11-8-22)20(25)21-19-14-17-5-6-18(19)13-17/h3-4,17-19H,5-14H2,1-2H3,(H,21,25)/p+1/t17-,18+,19-/m1/s1. The fourth-order valence-electron chi connectivity index (χ4n) is 5.27. The Morgan fingerprint density at radius 2 is 1.88 bits per heavy atom. The van der Waals surface area contributed by atoms with Gasteiger partial charge in [0.1, 0.15) is 0 Å². The van der Waals surface area contributed by atoms with Crippen LogP contribution in [0.4, 0.5) is 0 Å². The van der Waals surface area contributed by atoms with Gasteiger partial charge in [-0.15, -0.1) is 0 Å². The summed E-state index contributed by atoms with van der Waals surface area (Å²) in [5.41, 5.74) is 2.76. The van der Waals surface area contributed by atoms with Crippen molar-refractivity contribution in [3.63, 3.8) is 0 Å². The van der Waals surface area contributed by atoms with Gasteiger partial charge >= 0.3 is 0 Å². The van der Waals surface area contributed by atoms with Crippen LogP contribution in [0.5, 0.6) is 0 Å². The zero-order valence-electron chi connectivity index (χ0n) is 15.8. The Bertz CT molecular complexity index is 598. The molecule has 25 heavy (non-hydrogen) atoms. The quantitative estimate of drug-likeness (QED) is 0.793. The molecule has 0 radical (unpaired) electrons. The van der Waals surface area contributed by atoms with Crippen LogP contribution >= 0.6 is 12.2 Å². The number of rotatable bonds is 4. The predicted molar refractivity (Wildman–Crippen MR) is 106 cm³/mol. The van der Waals surface area contributed by atoms with Crippen LogP contribution in [-0.2, 0) is 6.54 Å². The highest BCUT2D eigenvalue weighted by molar-refractivity contribution is 7.80. The monoisotopic (exact) mass is 361 g/mol. The summed E-state index contributed by atoms with van der Waals surface area (Å²) in [5, 5.41) is 4.73. The van der Waals surface area contributed by atoms with E-state index in [2.05, 4.69) is 40.8 Å². The SMILES string of the molecule is Cc1ccc(C)n1CC[NH+]1CCN(C(=S)N[C@@H]2C[C@@H]3CC[C@H]2C3)CC1. The van der Waals surface area contributed by atoms with Crippen molar-refractivity contribution in [2.45, 2.75) is 52.1 Å². The molecule has 0 spiro atoms. The van der Waals surface area contributed by atoms with Gasteiger partial charge in [-0.1, -0.05) is 6.42 Å². The van der Waals surface area contributed by atoms with Crippen molar-refractivity contribution in [2.24, 2.45) is 11.8 Å². The summed E-state index contributed by atoms with van der Waals surface area (Å²) in [7, 11) is 0. The van der Waals surface area contributed by atoms with Gasteiger partial charge in [-0.3, -0.25) is 0 Å². The van der Waals surface area contributed by atoms with Crippen LogP contribution in [0.15, 0.2) is 12.1 Å². The lowest BCUT2D eigenvalue weighted by atomic mass is 9.95. The first kappa shape index (κ1) is 17.3. The Kier molecular flexibility index (Phi) is 5.05. The molecule has 2 heterocycles. The number of hydrogen-bond donors (Lipinski definition) is 2. The summed E-state index contributed by atoms with van der Waals surface area (Å²) in [6.07, 6.45) is 5.67. The summed E-state index contributed by atoms with van der Waals surface area (Å²) in [6.45, 7) is 11.4. The molecule has 4 nitrogen and oxygen atoms in total. The maximum absolute atomic E-state index is 5.73. The maximum atomic E-state index is 5.73. The minimum Gasteiger partial charge on any atom is -0.360 e. The molecule has 1 aliphatic heterocycles. The number of nitrogens with zero attached hydrogens (tertiary/aromatic N) is 2. The molecule has 138 valence electrons. The average molecular weight is 362 g/mol. The number of fused-ring (bicyclic) bond motifs is 2. The van der Waals surface area contributed by atoms with E-state index in [0.29, 0.717) is 6.04 Å². The van der Waals surface area contributed by atoms with E-state index in [1.54, 1.807) is 4.90 Å². The van der Waals surface area contributed by atoms with E-state index in [1.807, 2.05) is 0 Å². The first-order valence-corrected chi connectivity index (χ1v) is 10.5.